The van der Waals surface area contributed by atoms with Crippen molar-refractivity contribution in [3.8, 4) is 0 Å². The number of allylic oxidation sites excluding steroid dienone is 7. The highest BCUT2D eigenvalue weighted by Gasteiger charge is 2.39. The predicted octanol–water partition coefficient (Wildman–Crippen LogP) is 3.58. The molecule has 0 saturated heterocycles. The number of carboxylic acids is 1. The van der Waals surface area contributed by atoms with Crippen LogP contribution in [-0.4, -0.2) is 39.3 Å². The molecule has 0 bridgehead atoms. The van der Waals surface area contributed by atoms with E-state index in [-0.39, 0.29) is 31.0 Å². The van der Waals surface area contributed by atoms with E-state index in [2.05, 4.69) is 31.2 Å². The first-order chi connectivity index (χ1) is 13.0. The predicted molar refractivity (Wildman–Crippen MR) is 106 cm³/mol. The highest BCUT2D eigenvalue weighted by atomic mass is 16.4. The third kappa shape index (κ3) is 9.50. The molecule has 0 spiro atoms. The van der Waals surface area contributed by atoms with Crippen molar-refractivity contribution in [1.82, 2.24) is 0 Å². The number of ketones is 1. The van der Waals surface area contributed by atoms with E-state index in [0.29, 0.717) is 6.42 Å². The van der Waals surface area contributed by atoms with E-state index in [1.54, 1.807) is 6.08 Å². The Bertz CT molecular complexity index is 573. The van der Waals surface area contributed by atoms with Crippen LogP contribution in [0.4, 0.5) is 0 Å². The zero-order valence-electron chi connectivity index (χ0n) is 16.0. The number of aliphatic hydroxyl groups is 2. The fourth-order valence-corrected chi connectivity index (χ4v) is 3.10. The summed E-state index contributed by atoms with van der Waals surface area (Å²) in [5.74, 6) is -1.63. The van der Waals surface area contributed by atoms with Crippen molar-refractivity contribution >= 4 is 11.8 Å². The lowest BCUT2D eigenvalue weighted by molar-refractivity contribution is -0.137. The molecule has 5 nitrogen and oxygen atoms in total. The summed E-state index contributed by atoms with van der Waals surface area (Å²) in [5, 5.41) is 28.6. The van der Waals surface area contributed by atoms with Gasteiger partial charge in [0.1, 0.15) is 5.78 Å². The quantitative estimate of drug-likeness (QED) is 0.453. The van der Waals surface area contributed by atoms with Crippen molar-refractivity contribution in [2.45, 2.75) is 64.1 Å². The Morgan fingerprint density at radius 2 is 1.78 bits per heavy atom. The third-order valence-corrected chi connectivity index (χ3v) is 4.62. The first kappa shape index (κ1) is 23.1. The van der Waals surface area contributed by atoms with Crippen molar-refractivity contribution in [2.24, 2.45) is 11.8 Å². The Hall–Kier alpha value is -1.98. The van der Waals surface area contributed by atoms with E-state index in [1.807, 2.05) is 12.2 Å². The number of Topliss-reactive ketones (excluding diaryl/α,β-unsaturated/α-hetero) is 1. The molecule has 150 valence electrons. The smallest absolute Gasteiger partial charge is 0.303 e. The van der Waals surface area contributed by atoms with Crippen LogP contribution >= 0.6 is 0 Å². The van der Waals surface area contributed by atoms with E-state index in [4.69, 9.17) is 5.11 Å². The van der Waals surface area contributed by atoms with Crippen LogP contribution in [0.1, 0.15) is 51.9 Å². The molecule has 0 unspecified atom stereocenters. The Kier molecular flexibility index (Phi) is 11.3. The minimum Gasteiger partial charge on any atom is -0.481 e. The van der Waals surface area contributed by atoms with Gasteiger partial charge in [0.15, 0.2) is 0 Å². The van der Waals surface area contributed by atoms with Crippen LogP contribution < -0.4 is 0 Å². The first-order valence-electron chi connectivity index (χ1n) is 9.69. The summed E-state index contributed by atoms with van der Waals surface area (Å²) in [6.07, 6.45) is 17.5. The van der Waals surface area contributed by atoms with Crippen LogP contribution in [0, 0.1) is 11.8 Å². The minimum atomic E-state index is -0.965. The van der Waals surface area contributed by atoms with Gasteiger partial charge in [-0.1, -0.05) is 55.5 Å². The van der Waals surface area contributed by atoms with Gasteiger partial charge in [-0.05, 0) is 32.1 Å². The second kappa shape index (κ2) is 13.2. The molecule has 3 N–H and O–H groups in total. The maximum Gasteiger partial charge on any atom is 0.303 e. The van der Waals surface area contributed by atoms with Crippen LogP contribution in [0.2, 0.25) is 0 Å². The van der Waals surface area contributed by atoms with E-state index >= 15 is 0 Å². The lowest BCUT2D eigenvalue weighted by Crippen LogP contribution is -2.19. The maximum atomic E-state index is 12.1. The third-order valence-electron chi connectivity index (χ3n) is 4.62. The maximum absolute atomic E-state index is 12.1. The zero-order valence-corrected chi connectivity index (χ0v) is 16.0. The van der Waals surface area contributed by atoms with Crippen LogP contribution in [0.3, 0.4) is 0 Å². The minimum absolute atomic E-state index is 0.0369. The number of carboxylic acid groups (broad SMARTS) is 1. The van der Waals surface area contributed by atoms with Crippen LogP contribution in [0.15, 0.2) is 48.6 Å². The molecule has 1 aliphatic rings. The van der Waals surface area contributed by atoms with Gasteiger partial charge in [0, 0.05) is 24.7 Å². The average Bonchev–Trinajstić information content (AvgIpc) is 2.89. The summed E-state index contributed by atoms with van der Waals surface area (Å²) in [6, 6.07) is 0. The molecule has 1 rings (SSSR count). The molecule has 0 amide bonds. The number of aliphatic carboxylic acids is 1. The molecular weight excluding hydrogens is 344 g/mol. The number of carbonyl (C=O) groups excluding carboxylic acids is 1. The Labute approximate surface area is 161 Å². The Balaban J connectivity index is 2.48. The lowest BCUT2D eigenvalue weighted by atomic mass is 9.90. The molecule has 4 atom stereocenters. The van der Waals surface area contributed by atoms with Gasteiger partial charge in [-0.2, -0.15) is 0 Å². The van der Waals surface area contributed by atoms with Gasteiger partial charge >= 0.3 is 5.97 Å². The van der Waals surface area contributed by atoms with Gasteiger partial charge < -0.3 is 15.3 Å². The fourth-order valence-electron chi connectivity index (χ4n) is 3.10. The highest BCUT2D eigenvalue weighted by Crippen LogP contribution is 2.33. The molecule has 0 aromatic heterocycles. The van der Waals surface area contributed by atoms with E-state index in [9.17, 15) is 19.8 Å². The number of aliphatic hydroxyl groups excluding tert-OH is 2. The Morgan fingerprint density at radius 3 is 2.41 bits per heavy atom. The average molecular weight is 376 g/mol. The summed E-state index contributed by atoms with van der Waals surface area (Å²) in [6.45, 7) is 2.10. The van der Waals surface area contributed by atoms with Gasteiger partial charge in [0.2, 0.25) is 0 Å². The summed E-state index contributed by atoms with van der Waals surface area (Å²) in [5.41, 5.74) is 0. The molecule has 1 aliphatic carbocycles. The number of rotatable bonds is 12. The van der Waals surface area contributed by atoms with Crippen molar-refractivity contribution < 1.29 is 24.9 Å². The fraction of sp³-hybridized carbons (Fsp3) is 0.545. The molecule has 1 saturated carbocycles. The molecule has 27 heavy (non-hydrogen) atoms. The number of hydrogen-bond acceptors (Lipinski definition) is 4. The molecule has 0 aliphatic heterocycles. The zero-order chi connectivity index (χ0) is 20.1. The molecule has 0 aromatic rings. The molecule has 0 heterocycles. The van der Waals surface area contributed by atoms with Crippen LogP contribution in [-0.2, 0) is 9.59 Å². The molecule has 1 fully saturated rings. The van der Waals surface area contributed by atoms with E-state index in [1.165, 1.54) is 6.08 Å². The van der Waals surface area contributed by atoms with Crippen molar-refractivity contribution in [2.75, 3.05) is 0 Å². The summed E-state index contributed by atoms with van der Waals surface area (Å²) < 4.78 is 0. The molecule has 0 aromatic carbocycles. The molecule has 0 radical (unpaired) electrons. The number of hydrogen-bond donors (Lipinski definition) is 3. The number of carbonyl (C=O) groups is 2. The van der Waals surface area contributed by atoms with Crippen molar-refractivity contribution in [1.29, 1.82) is 0 Å². The van der Waals surface area contributed by atoms with E-state index < -0.39 is 24.1 Å². The van der Waals surface area contributed by atoms with E-state index in [0.717, 1.165) is 19.3 Å². The van der Waals surface area contributed by atoms with Gasteiger partial charge in [-0.25, -0.2) is 0 Å². The van der Waals surface area contributed by atoms with Gasteiger partial charge in [0.25, 0.3) is 0 Å². The van der Waals surface area contributed by atoms with Crippen LogP contribution in [0.25, 0.3) is 0 Å². The molecular formula is C22H32O5. The topological polar surface area (TPSA) is 94.8 Å². The second-order valence-corrected chi connectivity index (χ2v) is 6.84. The standard InChI is InChI=1S/C22H32O5/c1-2-3-4-5-6-7-8-9-10-11-18-19(21(25)16-20(18)24)14-12-17(23)13-15-22(26)27/h3-4,6-7,9-10,12,14,17-20,23-24H,2,5,8,11,13,15-16H2,1H3,(H,26,27)/b4-3-,7-6-,10-9-,14-12+/t17-,18-,19-,20+/m0/s1. The SMILES string of the molecule is CC/C=C\C/C=C\C/C=C\C[C@@H]1[C@H](O)CC(=O)[C@H]1/C=C/[C@H](O)CCC(=O)O. The normalized spacial score (nSPS) is 24.9. The lowest BCUT2D eigenvalue weighted by Gasteiger charge is -2.17. The van der Waals surface area contributed by atoms with Gasteiger partial charge in [-0.15, -0.1) is 0 Å². The van der Waals surface area contributed by atoms with Gasteiger partial charge in [0.05, 0.1) is 12.2 Å². The van der Waals surface area contributed by atoms with Crippen LogP contribution in [0.5, 0.6) is 0 Å². The molecule has 5 heteroatoms. The highest BCUT2D eigenvalue weighted by molar-refractivity contribution is 5.86. The summed E-state index contributed by atoms with van der Waals surface area (Å²) in [4.78, 5) is 22.6. The van der Waals surface area contributed by atoms with Crippen molar-refractivity contribution in [3.63, 3.8) is 0 Å². The Morgan fingerprint density at radius 1 is 1.15 bits per heavy atom. The van der Waals surface area contributed by atoms with Crippen molar-refractivity contribution in [3.05, 3.63) is 48.6 Å². The second-order valence-electron chi connectivity index (χ2n) is 6.84. The monoisotopic (exact) mass is 376 g/mol. The summed E-state index contributed by atoms with van der Waals surface area (Å²) in [7, 11) is 0. The largest absolute Gasteiger partial charge is 0.481 e. The summed E-state index contributed by atoms with van der Waals surface area (Å²) >= 11 is 0. The first-order valence-corrected chi connectivity index (χ1v) is 9.69. The van der Waals surface area contributed by atoms with Gasteiger partial charge in [-0.3, -0.25) is 9.59 Å².